The lowest BCUT2D eigenvalue weighted by molar-refractivity contribution is 0.666. The molecule has 0 N–H and O–H groups in total. The predicted octanol–water partition coefficient (Wildman–Crippen LogP) is 15.3. The molecule has 0 aliphatic heterocycles. The largest absolute Gasteiger partial charge is 0.0616 e. The Kier molecular flexibility index (Phi) is 7.00. The van der Waals surface area contributed by atoms with E-state index in [1.54, 1.807) is 0 Å². The predicted molar refractivity (Wildman–Crippen MR) is 236 cm³/mol. The Labute approximate surface area is 322 Å². The van der Waals surface area contributed by atoms with Gasteiger partial charge < -0.3 is 0 Å². The van der Waals surface area contributed by atoms with Gasteiger partial charge >= 0.3 is 0 Å². The zero-order valence-electron chi connectivity index (χ0n) is 31.0. The molecule has 0 heteroatoms. The minimum absolute atomic E-state index is 0.103. The van der Waals surface area contributed by atoms with Gasteiger partial charge in [0.15, 0.2) is 0 Å². The third-order valence-corrected chi connectivity index (χ3v) is 12.2. The maximum atomic E-state index is 2.43. The van der Waals surface area contributed by atoms with Crippen molar-refractivity contribution in [2.45, 2.75) is 19.3 Å². The molecule has 0 unspecified atom stereocenters. The summed E-state index contributed by atoms with van der Waals surface area (Å²) in [6, 6.07) is 72.1. The van der Waals surface area contributed by atoms with Gasteiger partial charge in [0.2, 0.25) is 0 Å². The fourth-order valence-corrected chi connectivity index (χ4v) is 9.78. The summed E-state index contributed by atoms with van der Waals surface area (Å²) >= 11 is 0. The topological polar surface area (TPSA) is 0 Å². The van der Waals surface area contributed by atoms with Crippen molar-refractivity contribution in [2.75, 3.05) is 0 Å². The normalized spacial score (nSPS) is 13.1. The number of rotatable bonds is 4. The molecule has 0 fully saturated rings. The third kappa shape index (κ3) is 4.78. The van der Waals surface area contributed by atoms with E-state index >= 15 is 0 Å². The molecule has 258 valence electrons. The summed E-state index contributed by atoms with van der Waals surface area (Å²) in [6.45, 7) is 4.78. The second-order valence-electron chi connectivity index (χ2n) is 15.6. The lowest BCUT2D eigenvalue weighted by Crippen LogP contribution is -2.15. The molecule has 10 aromatic carbocycles. The van der Waals surface area contributed by atoms with Gasteiger partial charge in [-0.05, 0) is 116 Å². The number of hydrogen-bond donors (Lipinski definition) is 0. The molecular formula is C55H38. The van der Waals surface area contributed by atoms with E-state index in [0.29, 0.717) is 0 Å². The van der Waals surface area contributed by atoms with E-state index in [2.05, 4.69) is 208 Å². The van der Waals surface area contributed by atoms with Gasteiger partial charge in [-0.3, -0.25) is 0 Å². The van der Waals surface area contributed by atoms with Crippen molar-refractivity contribution in [3.05, 3.63) is 205 Å². The smallest absolute Gasteiger partial charge is 0.0165 e. The molecule has 0 amide bonds. The van der Waals surface area contributed by atoms with Crippen LogP contribution in [0.3, 0.4) is 0 Å². The monoisotopic (exact) mass is 698 g/mol. The van der Waals surface area contributed by atoms with Crippen molar-refractivity contribution in [3.8, 4) is 55.6 Å². The fraction of sp³-hybridized carbons (Fsp3) is 0.0545. The highest BCUT2D eigenvalue weighted by Gasteiger charge is 2.38. The molecule has 10 aromatic rings. The Hall–Kier alpha value is -6.76. The van der Waals surface area contributed by atoms with Crippen molar-refractivity contribution in [1.82, 2.24) is 0 Å². The number of hydrogen-bond acceptors (Lipinski definition) is 0. The van der Waals surface area contributed by atoms with Gasteiger partial charge in [-0.1, -0.05) is 202 Å². The molecule has 0 nitrogen and oxygen atoms in total. The Morgan fingerprint density at radius 2 is 0.782 bits per heavy atom. The Bertz CT molecular complexity index is 3100. The average Bonchev–Trinajstić information content (AvgIpc) is 3.49. The van der Waals surface area contributed by atoms with Crippen molar-refractivity contribution in [1.29, 1.82) is 0 Å². The standard InChI is InChI=1S/C55H38/c1-55(2)50-27-13-26-43(53(50)49-33-32-36-15-4-6-20-44(36)54(49)55)39-17-11-18-40(34-39)52-47-23-9-7-21-45(47)51(46-22-8-10-24-48(46)52)38-30-28-37(29-31-38)42-25-12-16-35-14-3-5-19-41(35)42/h3-34H,1-2H3. The molecule has 0 saturated heterocycles. The zero-order valence-corrected chi connectivity index (χ0v) is 31.0. The fourth-order valence-electron chi connectivity index (χ4n) is 9.78. The Balaban J connectivity index is 1.08. The van der Waals surface area contributed by atoms with Crippen molar-refractivity contribution >= 4 is 43.1 Å². The second-order valence-corrected chi connectivity index (χ2v) is 15.6. The van der Waals surface area contributed by atoms with Gasteiger partial charge in [0.05, 0.1) is 0 Å². The maximum Gasteiger partial charge on any atom is 0.0165 e. The molecular weight excluding hydrogens is 661 g/mol. The summed E-state index contributed by atoms with van der Waals surface area (Å²) in [7, 11) is 0. The maximum absolute atomic E-state index is 2.43. The van der Waals surface area contributed by atoms with E-state index < -0.39 is 0 Å². The molecule has 0 aromatic heterocycles. The molecule has 1 aliphatic carbocycles. The first-order valence-electron chi connectivity index (χ1n) is 19.4. The van der Waals surface area contributed by atoms with Gasteiger partial charge in [0.1, 0.15) is 0 Å². The van der Waals surface area contributed by atoms with Crippen LogP contribution in [-0.4, -0.2) is 0 Å². The molecule has 1 aliphatic rings. The van der Waals surface area contributed by atoms with E-state index in [9.17, 15) is 0 Å². The third-order valence-electron chi connectivity index (χ3n) is 12.2. The second kappa shape index (κ2) is 12.1. The highest BCUT2D eigenvalue weighted by Crippen LogP contribution is 2.54. The minimum Gasteiger partial charge on any atom is -0.0616 e. The van der Waals surface area contributed by atoms with Crippen molar-refractivity contribution < 1.29 is 0 Å². The van der Waals surface area contributed by atoms with Gasteiger partial charge in [-0.15, -0.1) is 0 Å². The van der Waals surface area contributed by atoms with E-state index in [1.165, 1.54) is 110 Å². The first kappa shape index (κ1) is 31.7. The van der Waals surface area contributed by atoms with Crippen LogP contribution in [-0.2, 0) is 5.41 Å². The van der Waals surface area contributed by atoms with Gasteiger partial charge in [0, 0.05) is 5.41 Å². The lowest BCUT2D eigenvalue weighted by Gasteiger charge is -2.23. The van der Waals surface area contributed by atoms with E-state index in [0.717, 1.165) is 0 Å². The van der Waals surface area contributed by atoms with Crippen LogP contribution in [0.2, 0.25) is 0 Å². The number of benzene rings is 10. The molecule has 0 heterocycles. The van der Waals surface area contributed by atoms with E-state index in [4.69, 9.17) is 0 Å². The molecule has 0 bridgehead atoms. The van der Waals surface area contributed by atoms with Crippen LogP contribution in [0.5, 0.6) is 0 Å². The van der Waals surface area contributed by atoms with Crippen LogP contribution in [0.4, 0.5) is 0 Å². The first-order valence-corrected chi connectivity index (χ1v) is 19.4. The van der Waals surface area contributed by atoms with Crippen LogP contribution >= 0.6 is 0 Å². The molecule has 55 heavy (non-hydrogen) atoms. The summed E-state index contributed by atoms with van der Waals surface area (Å²) in [6.07, 6.45) is 0. The minimum atomic E-state index is -0.103. The van der Waals surface area contributed by atoms with Crippen LogP contribution in [0.15, 0.2) is 194 Å². The molecule has 0 atom stereocenters. The summed E-state index contributed by atoms with van der Waals surface area (Å²) < 4.78 is 0. The van der Waals surface area contributed by atoms with Gasteiger partial charge in [0.25, 0.3) is 0 Å². The Morgan fingerprint density at radius 1 is 0.291 bits per heavy atom. The van der Waals surface area contributed by atoms with Crippen LogP contribution in [0.1, 0.15) is 25.0 Å². The SMILES string of the molecule is CC1(C)c2cccc(-c3cccc(-c4c5ccccc5c(-c5ccc(-c6cccc7ccccc67)cc5)c5ccccc45)c3)c2-c2ccc3ccccc3c21. The van der Waals surface area contributed by atoms with Gasteiger partial charge in [-0.25, -0.2) is 0 Å². The van der Waals surface area contributed by atoms with Crippen LogP contribution in [0, 0.1) is 0 Å². The van der Waals surface area contributed by atoms with Crippen molar-refractivity contribution in [3.63, 3.8) is 0 Å². The molecule has 0 saturated carbocycles. The van der Waals surface area contributed by atoms with Crippen molar-refractivity contribution in [2.24, 2.45) is 0 Å². The number of fused-ring (bicyclic) bond motifs is 8. The molecule has 0 radical (unpaired) electrons. The van der Waals surface area contributed by atoms with Gasteiger partial charge in [-0.2, -0.15) is 0 Å². The summed E-state index contributed by atoms with van der Waals surface area (Å²) in [5.74, 6) is 0. The zero-order chi connectivity index (χ0) is 36.7. The van der Waals surface area contributed by atoms with Crippen LogP contribution in [0.25, 0.3) is 98.7 Å². The Morgan fingerprint density at radius 3 is 1.47 bits per heavy atom. The van der Waals surface area contributed by atoms with E-state index in [1.807, 2.05) is 0 Å². The van der Waals surface area contributed by atoms with Crippen LogP contribution < -0.4 is 0 Å². The lowest BCUT2D eigenvalue weighted by atomic mass is 9.80. The average molecular weight is 699 g/mol. The quantitative estimate of drug-likeness (QED) is 0.161. The highest BCUT2D eigenvalue weighted by atomic mass is 14.4. The summed E-state index contributed by atoms with van der Waals surface area (Å²) in [5.41, 5.74) is 15.5. The summed E-state index contributed by atoms with van der Waals surface area (Å²) in [4.78, 5) is 0. The summed E-state index contributed by atoms with van der Waals surface area (Å²) in [5, 5.41) is 10.3. The molecule has 0 spiro atoms. The molecule has 11 rings (SSSR count). The van der Waals surface area contributed by atoms with E-state index in [-0.39, 0.29) is 5.41 Å². The highest BCUT2D eigenvalue weighted by molar-refractivity contribution is 6.21. The first-order chi connectivity index (χ1) is 27.1.